The number of nitrogens with one attached hydrogen (secondary N) is 1. The third-order valence-corrected chi connectivity index (χ3v) is 4.45. The van der Waals surface area contributed by atoms with Gasteiger partial charge in [0.05, 0.1) is 42.6 Å². The predicted molar refractivity (Wildman–Crippen MR) is 94.5 cm³/mol. The number of rotatable bonds is 7. The van der Waals surface area contributed by atoms with E-state index >= 15 is 0 Å². The molecule has 1 aliphatic heterocycles. The molecule has 25 heavy (non-hydrogen) atoms. The van der Waals surface area contributed by atoms with E-state index in [0.29, 0.717) is 6.54 Å². The van der Waals surface area contributed by atoms with Crippen LogP contribution < -0.4 is 5.32 Å². The van der Waals surface area contributed by atoms with Crippen molar-refractivity contribution >= 4 is 5.91 Å². The summed E-state index contributed by atoms with van der Waals surface area (Å²) in [5.41, 5.74) is 3.03. The standard InChI is InChI=1S/C18H26N6O/c1-3-6-24-13-15(8-21-24)12-23-7-4-5-18(23)17-11-19-9-16(22-17)10-20-14(2)25/h8-9,11,13,18H,3-7,10,12H2,1-2H3,(H,20,25)/t18-/m1/s1. The molecule has 7 nitrogen and oxygen atoms in total. The maximum absolute atomic E-state index is 11.1. The number of nitrogens with zero attached hydrogens (tertiary/aromatic N) is 5. The summed E-state index contributed by atoms with van der Waals surface area (Å²) in [6, 6.07) is 0.277. The number of carbonyl (C=O) groups is 1. The first kappa shape index (κ1) is 17.5. The van der Waals surface area contributed by atoms with Crippen LogP contribution in [0.3, 0.4) is 0 Å². The molecule has 3 heterocycles. The fraction of sp³-hybridized carbons (Fsp3) is 0.556. The molecule has 0 aromatic carbocycles. The number of aromatic nitrogens is 4. The Morgan fingerprint density at radius 2 is 2.24 bits per heavy atom. The molecule has 0 bridgehead atoms. The van der Waals surface area contributed by atoms with E-state index in [-0.39, 0.29) is 11.9 Å². The maximum atomic E-state index is 11.1. The Labute approximate surface area is 148 Å². The smallest absolute Gasteiger partial charge is 0.217 e. The van der Waals surface area contributed by atoms with E-state index in [4.69, 9.17) is 4.98 Å². The molecule has 0 saturated carbocycles. The molecule has 2 aromatic rings. The first-order valence-electron chi connectivity index (χ1n) is 8.96. The summed E-state index contributed by atoms with van der Waals surface area (Å²) >= 11 is 0. The summed E-state index contributed by atoms with van der Waals surface area (Å²) in [6.07, 6.45) is 11.0. The van der Waals surface area contributed by atoms with Crippen LogP contribution in [0.2, 0.25) is 0 Å². The number of hydrogen-bond donors (Lipinski definition) is 1. The normalized spacial score (nSPS) is 17.8. The highest BCUT2D eigenvalue weighted by Gasteiger charge is 2.27. The molecular weight excluding hydrogens is 316 g/mol. The van der Waals surface area contributed by atoms with Crippen LogP contribution in [0.15, 0.2) is 24.8 Å². The lowest BCUT2D eigenvalue weighted by Crippen LogP contribution is -2.24. The average Bonchev–Trinajstić information content (AvgIpc) is 3.24. The monoisotopic (exact) mass is 342 g/mol. The highest BCUT2D eigenvalue weighted by molar-refractivity contribution is 5.72. The van der Waals surface area contributed by atoms with E-state index in [1.54, 1.807) is 6.20 Å². The SMILES string of the molecule is CCCn1cc(CN2CCC[C@@H]2c2cncc(CNC(C)=O)n2)cn1. The van der Waals surface area contributed by atoms with Crippen LogP contribution in [0.25, 0.3) is 0 Å². The average molecular weight is 342 g/mol. The van der Waals surface area contributed by atoms with Gasteiger partial charge in [-0.05, 0) is 25.8 Å². The maximum Gasteiger partial charge on any atom is 0.217 e. The Kier molecular flexibility index (Phi) is 5.75. The molecule has 1 atom stereocenters. The zero-order chi connectivity index (χ0) is 17.6. The summed E-state index contributed by atoms with van der Waals surface area (Å²) in [6.45, 7) is 6.99. The zero-order valence-electron chi connectivity index (χ0n) is 15.0. The number of hydrogen-bond acceptors (Lipinski definition) is 5. The van der Waals surface area contributed by atoms with Gasteiger partial charge >= 0.3 is 0 Å². The second-order valence-electron chi connectivity index (χ2n) is 6.59. The van der Waals surface area contributed by atoms with Crippen LogP contribution >= 0.6 is 0 Å². The molecule has 134 valence electrons. The molecular formula is C18H26N6O. The van der Waals surface area contributed by atoms with Gasteiger partial charge in [-0.15, -0.1) is 0 Å². The van der Waals surface area contributed by atoms with E-state index in [9.17, 15) is 4.79 Å². The quantitative estimate of drug-likeness (QED) is 0.833. The topological polar surface area (TPSA) is 75.9 Å². The molecule has 1 amide bonds. The minimum Gasteiger partial charge on any atom is -0.351 e. The Morgan fingerprint density at radius 3 is 3.04 bits per heavy atom. The van der Waals surface area contributed by atoms with Gasteiger partial charge in [-0.2, -0.15) is 5.10 Å². The summed E-state index contributed by atoms with van der Waals surface area (Å²) in [5, 5.41) is 7.20. The highest BCUT2D eigenvalue weighted by atomic mass is 16.1. The van der Waals surface area contributed by atoms with Crippen LogP contribution in [0, 0.1) is 0 Å². The van der Waals surface area contributed by atoms with Crippen LogP contribution in [0.1, 0.15) is 56.1 Å². The number of likely N-dealkylation sites (tertiary alicyclic amines) is 1. The fourth-order valence-corrected chi connectivity index (χ4v) is 3.31. The molecule has 7 heteroatoms. The summed E-state index contributed by atoms with van der Waals surface area (Å²) < 4.78 is 2.01. The molecule has 0 radical (unpaired) electrons. The Hall–Kier alpha value is -2.28. The van der Waals surface area contributed by atoms with Gasteiger partial charge in [0.15, 0.2) is 0 Å². The van der Waals surface area contributed by atoms with Crippen LogP contribution in [-0.4, -0.2) is 37.1 Å². The lowest BCUT2D eigenvalue weighted by atomic mass is 10.1. The second kappa shape index (κ2) is 8.20. The predicted octanol–water partition coefficient (Wildman–Crippen LogP) is 2.06. The van der Waals surface area contributed by atoms with E-state index in [1.165, 1.54) is 12.5 Å². The molecule has 1 saturated heterocycles. The fourth-order valence-electron chi connectivity index (χ4n) is 3.31. The number of carbonyl (C=O) groups excluding carboxylic acids is 1. The largest absolute Gasteiger partial charge is 0.351 e. The van der Waals surface area contributed by atoms with E-state index < -0.39 is 0 Å². The Balaban J connectivity index is 1.68. The molecule has 0 aliphatic carbocycles. The molecule has 1 aliphatic rings. The van der Waals surface area contributed by atoms with Crippen LogP contribution in [0.5, 0.6) is 0 Å². The molecule has 3 rings (SSSR count). The molecule has 0 unspecified atom stereocenters. The lowest BCUT2D eigenvalue weighted by molar-refractivity contribution is -0.119. The third-order valence-electron chi connectivity index (χ3n) is 4.45. The van der Waals surface area contributed by atoms with Gasteiger partial charge < -0.3 is 5.32 Å². The van der Waals surface area contributed by atoms with Crippen molar-refractivity contribution < 1.29 is 4.79 Å². The Bertz CT molecular complexity index is 713. The van der Waals surface area contributed by atoms with E-state index in [1.807, 2.05) is 17.1 Å². The second-order valence-corrected chi connectivity index (χ2v) is 6.59. The summed E-state index contributed by atoms with van der Waals surface area (Å²) in [4.78, 5) is 22.6. The Morgan fingerprint density at radius 1 is 1.36 bits per heavy atom. The highest BCUT2D eigenvalue weighted by Crippen LogP contribution is 2.31. The molecule has 0 spiro atoms. The third kappa shape index (κ3) is 4.63. The molecule has 2 aromatic heterocycles. The van der Waals surface area contributed by atoms with Crippen molar-refractivity contribution in [2.45, 2.75) is 58.8 Å². The van der Waals surface area contributed by atoms with Crippen molar-refractivity contribution in [1.82, 2.24) is 30.0 Å². The van der Waals surface area contributed by atoms with Crippen molar-refractivity contribution in [3.05, 3.63) is 41.7 Å². The van der Waals surface area contributed by atoms with E-state index in [0.717, 1.165) is 50.3 Å². The first-order chi connectivity index (χ1) is 12.2. The van der Waals surface area contributed by atoms with Crippen molar-refractivity contribution in [2.75, 3.05) is 6.54 Å². The van der Waals surface area contributed by atoms with Gasteiger partial charge in [-0.3, -0.25) is 24.3 Å². The minimum atomic E-state index is -0.0567. The molecule has 1 N–H and O–H groups in total. The minimum absolute atomic E-state index is 0.0567. The van der Waals surface area contributed by atoms with Gasteiger partial charge in [0.1, 0.15) is 0 Å². The zero-order valence-corrected chi connectivity index (χ0v) is 15.0. The number of amides is 1. The van der Waals surface area contributed by atoms with Gasteiger partial charge in [-0.1, -0.05) is 6.92 Å². The van der Waals surface area contributed by atoms with Gasteiger partial charge in [0.2, 0.25) is 5.91 Å². The van der Waals surface area contributed by atoms with Gasteiger partial charge in [0, 0.05) is 31.8 Å². The van der Waals surface area contributed by atoms with Crippen molar-refractivity contribution in [3.63, 3.8) is 0 Å². The van der Waals surface area contributed by atoms with Crippen molar-refractivity contribution in [1.29, 1.82) is 0 Å². The summed E-state index contributed by atoms with van der Waals surface area (Å²) in [7, 11) is 0. The lowest BCUT2D eigenvalue weighted by Gasteiger charge is -2.23. The van der Waals surface area contributed by atoms with E-state index in [2.05, 4.69) is 33.4 Å². The number of aryl methyl sites for hydroxylation is 1. The first-order valence-corrected chi connectivity index (χ1v) is 8.96. The van der Waals surface area contributed by atoms with Crippen LogP contribution in [0.4, 0.5) is 0 Å². The van der Waals surface area contributed by atoms with Crippen LogP contribution in [-0.2, 0) is 24.4 Å². The van der Waals surface area contributed by atoms with Gasteiger partial charge in [0.25, 0.3) is 0 Å². The van der Waals surface area contributed by atoms with Crippen molar-refractivity contribution in [3.8, 4) is 0 Å². The molecule has 1 fully saturated rings. The van der Waals surface area contributed by atoms with Gasteiger partial charge in [-0.25, -0.2) is 0 Å². The summed E-state index contributed by atoms with van der Waals surface area (Å²) in [5.74, 6) is -0.0567. The van der Waals surface area contributed by atoms with Crippen molar-refractivity contribution in [2.24, 2.45) is 0 Å².